The van der Waals surface area contributed by atoms with Gasteiger partial charge >= 0.3 is 0 Å². The molecule has 0 heterocycles. The van der Waals surface area contributed by atoms with Crippen LogP contribution >= 0.6 is 0 Å². The number of hydrogen-bond acceptors (Lipinski definition) is 4. The number of hydrogen-bond donors (Lipinski definition) is 3. The van der Waals surface area contributed by atoms with Crippen LogP contribution in [-0.4, -0.2) is 18.1 Å². The molecular weight excluding hydrogens is 242 g/mol. The molecule has 0 aromatic rings. The molecule has 1 amide bonds. The van der Waals surface area contributed by atoms with Crippen molar-refractivity contribution >= 4 is 5.91 Å². The average Bonchev–Trinajstić information content (AvgIpc) is 2.34. The molecule has 1 aliphatic carbocycles. The van der Waals surface area contributed by atoms with Crippen LogP contribution in [0.2, 0.25) is 0 Å². The highest BCUT2D eigenvalue weighted by Crippen LogP contribution is 2.28. The van der Waals surface area contributed by atoms with Gasteiger partial charge in [-0.25, -0.2) is 5.84 Å². The molecule has 1 aliphatic rings. The molecule has 0 aliphatic heterocycles. The van der Waals surface area contributed by atoms with Gasteiger partial charge in [0.1, 0.15) is 5.60 Å². The fourth-order valence-corrected chi connectivity index (χ4v) is 2.41. The highest BCUT2D eigenvalue weighted by atomic mass is 16.5. The van der Waals surface area contributed by atoms with Crippen LogP contribution in [-0.2, 0) is 9.53 Å². The number of carbonyl (C=O) groups is 1. The number of rotatable bonds is 5. The Morgan fingerprint density at radius 3 is 2.37 bits per heavy atom. The molecular formula is C14H27N3O2. The van der Waals surface area contributed by atoms with Crippen LogP contribution in [0.1, 0.15) is 46.5 Å². The van der Waals surface area contributed by atoms with E-state index in [1.165, 1.54) is 0 Å². The highest BCUT2D eigenvalue weighted by molar-refractivity contribution is 5.77. The smallest absolute Gasteiger partial charge is 0.236 e. The molecule has 0 spiro atoms. The molecule has 19 heavy (non-hydrogen) atoms. The van der Waals surface area contributed by atoms with Crippen molar-refractivity contribution < 1.29 is 9.53 Å². The van der Waals surface area contributed by atoms with Gasteiger partial charge in [-0.3, -0.25) is 10.2 Å². The van der Waals surface area contributed by atoms with Crippen LogP contribution in [0.3, 0.4) is 0 Å². The van der Waals surface area contributed by atoms with Gasteiger partial charge in [0.05, 0.1) is 0 Å². The van der Waals surface area contributed by atoms with Gasteiger partial charge < -0.3 is 10.1 Å². The number of hydrazine groups is 1. The predicted octanol–water partition coefficient (Wildman–Crippen LogP) is 1.66. The first-order valence-electron chi connectivity index (χ1n) is 6.94. The molecule has 0 unspecified atom stereocenters. The Morgan fingerprint density at radius 1 is 1.32 bits per heavy atom. The van der Waals surface area contributed by atoms with Crippen molar-refractivity contribution in [3.63, 3.8) is 0 Å². The van der Waals surface area contributed by atoms with Gasteiger partial charge in [0.2, 0.25) is 5.91 Å². The lowest BCUT2D eigenvalue weighted by molar-refractivity contribution is -0.126. The van der Waals surface area contributed by atoms with Crippen LogP contribution in [0.5, 0.6) is 0 Å². The van der Waals surface area contributed by atoms with Gasteiger partial charge in [-0.1, -0.05) is 0 Å². The largest absolute Gasteiger partial charge is 0.474 e. The maximum absolute atomic E-state index is 11.4. The molecule has 1 rings (SSSR count). The van der Waals surface area contributed by atoms with Gasteiger partial charge in [-0.05, 0) is 59.0 Å². The topological polar surface area (TPSA) is 76.4 Å². The fourth-order valence-electron chi connectivity index (χ4n) is 2.41. The van der Waals surface area contributed by atoms with Gasteiger partial charge in [0.25, 0.3) is 0 Å². The van der Waals surface area contributed by atoms with Gasteiger partial charge in [-0.15, -0.1) is 0 Å². The van der Waals surface area contributed by atoms with E-state index in [0.717, 1.165) is 32.2 Å². The third-order valence-corrected chi connectivity index (χ3v) is 3.38. The molecule has 5 heteroatoms. The van der Waals surface area contributed by atoms with Crippen LogP contribution in [0.15, 0.2) is 12.5 Å². The predicted molar refractivity (Wildman–Crippen MR) is 75.8 cm³/mol. The Hall–Kier alpha value is -1.23. The first-order valence-corrected chi connectivity index (χ1v) is 6.94. The maximum atomic E-state index is 11.4. The highest BCUT2D eigenvalue weighted by Gasteiger charge is 2.25. The minimum Gasteiger partial charge on any atom is -0.474 e. The number of nitrogens with one attached hydrogen (secondary N) is 2. The van der Waals surface area contributed by atoms with Crippen LogP contribution in [0, 0.1) is 11.8 Å². The summed E-state index contributed by atoms with van der Waals surface area (Å²) in [6, 6.07) is 0. The third kappa shape index (κ3) is 5.96. The average molecular weight is 269 g/mol. The number of carbonyl (C=O) groups excluding carboxylic acids is 1. The van der Waals surface area contributed by atoms with Crippen molar-refractivity contribution in [1.82, 2.24) is 10.7 Å². The van der Waals surface area contributed by atoms with E-state index in [-0.39, 0.29) is 17.4 Å². The molecule has 1 saturated carbocycles. The quantitative estimate of drug-likeness (QED) is 0.307. The van der Waals surface area contributed by atoms with Crippen LogP contribution in [0.4, 0.5) is 0 Å². The molecule has 0 aromatic heterocycles. The molecule has 0 atom stereocenters. The van der Waals surface area contributed by atoms with Crippen molar-refractivity contribution in [3.8, 4) is 0 Å². The lowest BCUT2D eigenvalue weighted by Crippen LogP contribution is -2.38. The summed E-state index contributed by atoms with van der Waals surface area (Å²) in [6.07, 6.45) is 3.88. The van der Waals surface area contributed by atoms with Gasteiger partial charge in [0.15, 0.2) is 5.88 Å². The van der Waals surface area contributed by atoms with Crippen molar-refractivity contribution in [2.75, 3.05) is 6.54 Å². The Bertz CT molecular complexity index is 315. The Morgan fingerprint density at radius 2 is 1.89 bits per heavy atom. The summed E-state index contributed by atoms with van der Waals surface area (Å²) in [5, 5.41) is 3.23. The van der Waals surface area contributed by atoms with E-state index in [4.69, 9.17) is 10.6 Å². The van der Waals surface area contributed by atoms with Crippen molar-refractivity contribution in [2.45, 2.75) is 52.1 Å². The zero-order valence-electron chi connectivity index (χ0n) is 12.3. The number of amides is 1. The standard InChI is InChI=1S/C14H27N3O2/c1-10(19-14(2,3)4)16-9-11-5-7-12(8-6-11)13(18)17-15/h11-12,16H,1,5-9,15H2,2-4H3,(H,17,18). The van der Waals surface area contributed by atoms with Crippen LogP contribution < -0.4 is 16.6 Å². The van der Waals surface area contributed by atoms with Gasteiger partial charge in [0, 0.05) is 12.5 Å². The van der Waals surface area contributed by atoms with Gasteiger partial charge in [-0.2, -0.15) is 0 Å². The summed E-state index contributed by atoms with van der Waals surface area (Å²) in [7, 11) is 0. The second-order valence-electron chi connectivity index (χ2n) is 6.24. The van der Waals surface area contributed by atoms with E-state index in [1.807, 2.05) is 20.8 Å². The number of ether oxygens (including phenoxy) is 1. The molecule has 1 fully saturated rings. The zero-order valence-corrected chi connectivity index (χ0v) is 12.3. The maximum Gasteiger partial charge on any atom is 0.236 e. The summed E-state index contributed by atoms with van der Waals surface area (Å²) >= 11 is 0. The normalized spacial score (nSPS) is 23.6. The second-order valence-corrected chi connectivity index (χ2v) is 6.24. The van der Waals surface area contributed by atoms with E-state index in [0.29, 0.717) is 11.8 Å². The lowest BCUT2D eigenvalue weighted by atomic mass is 9.81. The molecule has 0 bridgehead atoms. The lowest BCUT2D eigenvalue weighted by Gasteiger charge is -2.29. The Labute approximate surface area is 115 Å². The van der Waals surface area contributed by atoms with E-state index in [2.05, 4.69) is 17.3 Å². The molecule has 0 radical (unpaired) electrons. The molecule has 0 saturated heterocycles. The van der Waals surface area contributed by atoms with Crippen molar-refractivity contribution in [2.24, 2.45) is 17.7 Å². The van der Waals surface area contributed by atoms with Crippen LogP contribution in [0.25, 0.3) is 0 Å². The fraction of sp³-hybridized carbons (Fsp3) is 0.786. The number of nitrogens with two attached hydrogens (primary N) is 1. The van der Waals surface area contributed by atoms with Crippen molar-refractivity contribution in [1.29, 1.82) is 0 Å². The van der Waals surface area contributed by atoms with E-state index in [9.17, 15) is 4.79 Å². The first kappa shape index (κ1) is 15.8. The molecule has 4 N–H and O–H groups in total. The summed E-state index contributed by atoms with van der Waals surface area (Å²) in [6.45, 7) is 10.7. The molecule has 0 aromatic carbocycles. The van der Waals surface area contributed by atoms with Crippen molar-refractivity contribution in [3.05, 3.63) is 12.5 Å². The third-order valence-electron chi connectivity index (χ3n) is 3.38. The first-order chi connectivity index (χ1) is 8.81. The monoisotopic (exact) mass is 269 g/mol. The summed E-state index contributed by atoms with van der Waals surface area (Å²) in [5.74, 6) is 6.39. The zero-order chi connectivity index (χ0) is 14.5. The molecule has 110 valence electrons. The summed E-state index contributed by atoms with van der Waals surface area (Å²) < 4.78 is 5.62. The SMILES string of the molecule is C=C(NCC1CCC(C(=O)NN)CC1)OC(C)(C)C. The Kier molecular flexibility index (Phi) is 5.66. The second kappa shape index (κ2) is 6.80. The summed E-state index contributed by atoms with van der Waals surface area (Å²) in [5.41, 5.74) is 2.02. The van der Waals surface area contributed by atoms with E-state index < -0.39 is 0 Å². The van der Waals surface area contributed by atoms with E-state index in [1.54, 1.807) is 0 Å². The minimum absolute atomic E-state index is 0.0353. The minimum atomic E-state index is -0.221. The van der Waals surface area contributed by atoms with E-state index >= 15 is 0 Å². The summed E-state index contributed by atoms with van der Waals surface area (Å²) in [4.78, 5) is 11.4. The Balaban J connectivity index is 2.23. The molecule has 5 nitrogen and oxygen atoms in total.